The Bertz CT molecular complexity index is 861. The van der Waals surface area contributed by atoms with Crippen LogP contribution in [0, 0.1) is 34.5 Å². The van der Waals surface area contributed by atoms with Crippen molar-refractivity contribution in [2.75, 3.05) is 32.8 Å². The van der Waals surface area contributed by atoms with Gasteiger partial charge in [0.15, 0.2) is 0 Å². The smallest absolute Gasteiger partial charge is 0.331 e. The Morgan fingerprint density at radius 2 is 1.97 bits per heavy atom. The Morgan fingerprint density at radius 3 is 2.74 bits per heavy atom. The van der Waals surface area contributed by atoms with E-state index in [0.717, 1.165) is 56.8 Å². The first-order chi connectivity index (χ1) is 16.3. The van der Waals surface area contributed by atoms with Crippen LogP contribution in [0.5, 0.6) is 0 Å². The highest BCUT2D eigenvalue weighted by Gasteiger charge is 2.67. The second kappa shape index (κ2) is 8.29. The number of esters is 1. The molecule has 0 aromatic heterocycles. The summed E-state index contributed by atoms with van der Waals surface area (Å²) >= 11 is 0. The first-order valence-corrected chi connectivity index (χ1v) is 14.0. The van der Waals surface area contributed by atoms with E-state index in [4.69, 9.17) is 4.74 Å². The van der Waals surface area contributed by atoms with Gasteiger partial charge in [0.05, 0.1) is 12.2 Å². The molecule has 6 nitrogen and oxygen atoms in total. The topological polar surface area (TPSA) is 82.0 Å². The number of piperazine rings is 1. The Balaban J connectivity index is 1.20. The lowest BCUT2D eigenvalue weighted by Crippen LogP contribution is -2.63. The van der Waals surface area contributed by atoms with Crippen molar-refractivity contribution in [3.8, 4) is 0 Å². The van der Waals surface area contributed by atoms with Crippen LogP contribution in [0.3, 0.4) is 0 Å². The second-order valence-electron chi connectivity index (χ2n) is 13.0. The van der Waals surface area contributed by atoms with Crippen LogP contribution in [0.4, 0.5) is 0 Å². The molecule has 4 saturated carbocycles. The minimum absolute atomic E-state index is 0.144. The number of hydrogen-bond donors (Lipinski definition) is 3. The number of rotatable bonds is 3. The number of hydrogen-bond acceptors (Lipinski definition) is 6. The Kier molecular flexibility index (Phi) is 5.72. The SMILES string of the molecule is C[C@]12CC[C@H](N3CCN[C@@H](CO)C3)C[C@H]1CC[C@@H]1[C@@H]2CC[C@]2(C)[C@@H](C3=CC(=O)OC3)CC[C@]12O. The minimum atomic E-state index is -0.620. The molecule has 2 heterocycles. The number of aliphatic hydroxyl groups is 2. The fraction of sp³-hybridized carbons (Fsp3) is 0.893. The molecule has 6 heteroatoms. The van der Waals surface area contributed by atoms with E-state index in [0.29, 0.717) is 29.9 Å². The van der Waals surface area contributed by atoms with Gasteiger partial charge in [-0.2, -0.15) is 0 Å². The van der Waals surface area contributed by atoms with Crippen LogP contribution in [0.2, 0.25) is 0 Å². The third-order valence-corrected chi connectivity index (χ3v) is 12.0. The highest BCUT2D eigenvalue weighted by atomic mass is 16.5. The molecule has 34 heavy (non-hydrogen) atoms. The maximum atomic E-state index is 12.4. The number of ether oxygens (including phenoxy) is 1. The molecule has 6 aliphatic rings. The van der Waals surface area contributed by atoms with Gasteiger partial charge in [0.25, 0.3) is 0 Å². The average Bonchev–Trinajstić information content (AvgIpc) is 3.38. The van der Waals surface area contributed by atoms with E-state index in [1.807, 2.05) is 0 Å². The molecular weight excluding hydrogens is 428 g/mol. The predicted octanol–water partition coefficient (Wildman–Crippen LogP) is 2.88. The lowest BCUT2D eigenvalue weighted by Gasteiger charge is -2.64. The van der Waals surface area contributed by atoms with Gasteiger partial charge in [-0.3, -0.25) is 4.90 Å². The Labute approximate surface area is 204 Å². The van der Waals surface area contributed by atoms with Crippen molar-refractivity contribution in [2.24, 2.45) is 34.5 Å². The third-order valence-electron chi connectivity index (χ3n) is 12.0. The molecule has 0 amide bonds. The zero-order valence-corrected chi connectivity index (χ0v) is 21.1. The predicted molar refractivity (Wildman–Crippen MR) is 130 cm³/mol. The van der Waals surface area contributed by atoms with Gasteiger partial charge in [-0.1, -0.05) is 13.8 Å². The van der Waals surface area contributed by atoms with Crippen molar-refractivity contribution in [2.45, 2.75) is 89.3 Å². The summed E-state index contributed by atoms with van der Waals surface area (Å²) in [6.07, 6.45) is 12.0. The van der Waals surface area contributed by atoms with E-state index in [9.17, 15) is 15.0 Å². The fourth-order valence-corrected chi connectivity index (χ4v) is 10.0. The Morgan fingerprint density at radius 1 is 1.12 bits per heavy atom. The fourth-order valence-electron chi connectivity index (χ4n) is 10.0. The molecule has 9 atom stereocenters. The first kappa shape index (κ1) is 23.4. The summed E-state index contributed by atoms with van der Waals surface area (Å²) in [5.41, 5.74) is 0.684. The molecule has 1 saturated heterocycles. The maximum absolute atomic E-state index is 12.4. The normalized spacial score (nSPS) is 51.3. The molecule has 0 bridgehead atoms. The van der Waals surface area contributed by atoms with Gasteiger partial charge in [0, 0.05) is 43.2 Å². The van der Waals surface area contributed by atoms with E-state index in [-0.39, 0.29) is 30.0 Å². The van der Waals surface area contributed by atoms with E-state index >= 15 is 0 Å². The lowest BCUT2D eigenvalue weighted by molar-refractivity contribution is -0.206. The van der Waals surface area contributed by atoms with Gasteiger partial charge in [0.2, 0.25) is 0 Å². The van der Waals surface area contributed by atoms with Crippen molar-refractivity contribution >= 4 is 5.97 Å². The van der Waals surface area contributed by atoms with Crippen molar-refractivity contribution in [3.05, 3.63) is 11.6 Å². The first-order valence-electron chi connectivity index (χ1n) is 14.0. The highest BCUT2D eigenvalue weighted by molar-refractivity contribution is 5.85. The number of carbonyl (C=O) groups excluding carboxylic acids is 1. The van der Waals surface area contributed by atoms with Crippen LogP contribution in [0.1, 0.15) is 71.6 Å². The molecule has 0 aromatic carbocycles. The zero-order chi connectivity index (χ0) is 23.7. The lowest BCUT2D eigenvalue weighted by atomic mass is 9.43. The molecule has 0 spiro atoms. The van der Waals surface area contributed by atoms with Crippen LogP contribution >= 0.6 is 0 Å². The summed E-state index contributed by atoms with van der Waals surface area (Å²) in [6, 6.07) is 0.861. The van der Waals surface area contributed by atoms with Crippen molar-refractivity contribution < 1.29 is 19.7 Å². The van der Waals surface area contributed by atoms with Gasteiger partial charge >= 0.3 is 5.97 Å². The van der Waals surface area contributed by atoms with Crippen LogP contribution in [0.15, 0.2) is 11.6 Å². The molecule has 4 aliphatic carbocycles. The summed E-state index contributed by atoms with van der Waals surface area (Å²) in [5, 5.41) is 25.5. The van der Waals surface area contributed by atoms with E-state index in [1.165, 1.54) is 32.1 Å². The van der Waals surface area contributed by atoms with Crippen LogP contribution in [-0.4, -0.2) is 71.6 Å². The number of aliphatic hydroxyl groups excluding tert-OH is 1. The van der Waals surface area contributed by atoms with Crippen molar-refractivity contribution in [1.82, 2.24) is 10.2 Å². The van der Waals surface area contributed by atoms with E-state index in [2.05, 4.69) is 24.1 Å². The molecule has 0 radical (unpaired) electrons. The number of carbonyl (C=O) groups is 1. The van der Waals surface area contributed by atoms with Crippen LogP contribution < -0.4 is 5.32 Å². The summed E-state index contributed by atoms with van der Waals surface area (Å²) in [6.45, 7) is 8.57. The number of cyclic esters (lactones) is 1. The number of fused-ring (bicyclic) bond motifs is 5. The summed E-state index contributed by atoms with van der Waals surface area (Å²) in [4.78, 5) is 14.4. The van der Waals surface area contributed by atoms with Gasteiger partial charge in [-0.15, -0.1) is 0 Å². The van der Waals surface area contributed by atoms with Gasteiger partial charge < -0.3 is 20.3 Å². The summed E-state index contributed by atoms with van der Waals surface area (Å²) < 4.78 is 5.27. The molecular formula is C28H44N2O4. The molecule has 0 unspecified atom stereocenters. The largest absolute Gasteiger partial charge is 0.458 e. The number of nitrogens with zero attached hydrogens (tertiary/aromatic N) is 1. The molecule has 3 N–H and O–H groups in total. The quantitative estimate of drug-likeness (QED) is 0.548. The van der Waals surface area contributed by atoms with Crippen molar-refractivity contribution in [3.63, 3.8) is 0 Å². The molecule has 0 aromatic rings. The number of nitrogens with one attached hydrogen (secondary N) is 1. The van der Waals surface area contributed by atoms with Crippen LogP contribution in [0.25, 0.3) is 0 Å². The minimum Gasteiger partial charge on any atom is -0.458 e. The van der Waals surface area contributed by atoms with Gasteiger partial charge in [-0.25, -0.2) is 4.79 Å². The summed E-state index contributed by atoms with van der Waals surface area (Å²) in [7, 11) is 0. The standard InChI is InChI=1S/C28H44N2O4/c1-26-8-5-21(30-12-11-29-20(15-30)16-31)14-19(26)3-4-24-23(26)6-9-27(2)22(7-10-28(24,27)33)18-13-25(32)34-17-18/h13,19-24,29,31,33H,3-12,14-17H2,1-2H3/t19-,20-,21+,22-,23+,24-,26+,27-,28+/m1/s1. The summed E-state index contributed by atoms with van der Waals surface area (Å²) in [5.74, 6) is 1.79. The molecule has 190 valence electrons. The van der Waals surface area contributed by atoms with Gasteiger partial charge in [-0.05, 0) is 92.4 Å². The molecule has 2 aliphatic heterocycles. The third kappa shape index (κ3) is 3.31. The average molecular weight is 473 g/mol. The monoisotopic (exact) mass is 472 g/mol. The maximum Gasteiger partial charge on any atom is 0.331 e. The molecule has 5 fully saturated rings. The molecule has 6 rings (SSSR count). The highest BCUT2D eigenvalue weighted by Crippen LogP contribution is 2.70. The zero-order valence-electron chi connectivity index (χ0n) is 21.1. The van der Waals surface area contributed by atoms with Crippen LogP contribution in [-0.2, 0) is 9.53 Å². The van der Waals surface area contributed by atoms with E-state index < -0.39 is 5.60 Å². The van der Waals surface area contributed by atoms with E-state index in [1.54, 1.807) is 6.08 Å². The van der Waals surface area contributed by atoms with Gasteiger partial charge in [0.1, 0.15) is 6.61 Å². The Hall–Kier alpha value is -0.950. The van der Waals surface area contributed by atoms with Crippen molar-refractivity contribution in [1.29, 1.82) is 0 Å². The second-order valence-corrected chi connectivity index (χ2v) is 13.0.